The van der Waals surface area contributed by atoms with Crippen molar-refractivity contribution in [3.8, 4) is 0 Å². The molecule has 0 aromatic heterocycles. The van der Waals surface area contributed by atoms with Gasteiger partial charge in [-0.15, -0.1) is 0 Å². The highest BCUT2D eigenvalue weighted by Crippen LogP contribution is 2.01. The third kappa shape index (κ3) is 1.73. The Hall–Kier alpha value is -0.860. The van der Waals surface area contributed by atoms with Crippen LogP contribution in [0.3, 0.4) is 0 Å². The molecule has 0 fully saturated rings. The Labute approximate surface area is 46.6 Å². The van der Waals surface area contributed by atoms with E-state index in [9.17, 15) is 9.18 Å². The number of carboxylic acids is 1. The zero-order valence-corrected chi connectivity index (χ0v) is 4.52. The zero-order valence-electron chi connectivity index (χ0n) is 4.52. The molecule has 0 aromatic carbocycles. The predicted molar refractivity (Wildman–Crippen MR) is 27.3 cm³/mol. The molecule has 0 saturated carbocycles. The first-order valence-corrected chi connectivity index (χ1v) is 2.12. The molecule has 0 aliphatic carbocycles. The summed E-state index contributed by atoms with van der Waals surface area (Å²) in [5.41, 5.74) is -0.398. The van der Waals surface area contributed by atoms with Crippen LogP contribution >= 0.6 is 0 Å². The SMILES string of the molecule is C=C(C(=O)O)C(C)F. The summed E-state index contributed by atoms with van der Waals surface area (Å²) in [6, 6.07) is 0. The van der Waals surface area contributed by atoms with Gasteiger partial charge in [0, 0.05) is 0 Å². The van der Waals surface area contributed by atoms with Crippen molar-refractivity contribution in [1.29, 1.82) is 0 Å². The van der Waals surface area contributed by atoms with Crippen LogP contribution in [0.15, 0.2) is 12.2 Å². The minimum atomic E-state index is -1.45. The van der Waals surface area contributed by atoms with Crippen molar-refractivity contribution in [3.63, 3.8) is 0 Å². The van der Waals surface area contributed by atoms with Crippen LogP contribution in [0.4, 0.5) is 4.39 Å². The summed E-state index contributed by atoms with van der Waals surface area (Å²) in [7, 11) is 0. The average molecular weight is 118 g/mol. The van der Waals surface area contributed by atoms with Crippen LogP contribution in [0.2, 0.25) is 0 Å². The average Bonchev–Trinajstić information content (AvgIpc) is 1.64. The van der Waals surface area contributed by atoms with Gasteiger partial charge in [0.1, 0.15) is 6.17 Å². The van der Waals surface area contributed by atoms with Crippen molar-refractivity contribution in [2.45, 2.75) is 13.1 Å². The smallest absolute Gasteiger partial charge is 0.333 e. The third-order valence-corrected chi connectivity index (χ3v) is 0.755. The van der Waals surface area contributed by atoms with Crippen molar-refractivity contribution in [1.82, 2.24) is 0 Å². The summed E-state index contributed by atoms with van der Waals surface area (Å²) >= 11 is 0. The van der Waals surface area contributed by atoms with Crippen molar-refractivity contribution in [3.05, 3.63) is 12.2 Å². The number of rotatable bonds is 2. The zero-order chi connectivity index (χ0) is 6.73. The summed E-state index contributed by atoms with van der Waals surface area (Å²) in [5, 5.41) is 8.01. The quantitative estimate of drug-likeness (QED) is 0.549. The summed E-state index contributed by atoms with van der Waals surface area (Å²) in [6.45, 7) is 4.11. The molecule has 0 saturated heterocycles. The van der Waals surface area contributed by atoms with Gasteiger partial charge in [0.15, 0.2) is 0 Å². The van der Waals surface area contributed by atoms with E-state index in [0.29, 0.717) is 0 Å². The van der Waals surface area contributed by atoms with Crippen molar-refractivity contribution in [2.24, 2.45) is 0 Å². The molecule has 8 heavy (non-hydrogen) atoms. The number of carboxylic acid groups (broad SMARTS) is 1. The maximum Gasteiger partial charge on any atom is 0.333 e. The van der Waals surface area contributed by atoms with E-state index in [2.05, 4.69) is 6.58 Å². The van der Waals surface area contributed by atoms with Crippen LogP contribution in [0.5, 0.6) is 0 Å². The first-order chi connectivity index (χ1) is 3.55. The van der Waals surface area contributed by atoms with Gasteiger partial charge in [-0.1, -0.05) is 6.58 Å². The highest BCUT2D eigenvalue weighted by molar-refractivity contribution is 5.86. The summed E-state index contributed by atoms with van der Waals surface area (Å²) in [4.78, 5) is 9.80. The molecule has 0 spiro atoms. The van der Waals surface area contributed by atoms with Crippen molar-refractivity contribution < 1.29 is 14.3 Å². The van der Waals surface area contributed by atoms with E-state index in [1.807, 2.05) is 0 Å². The minimum Gasteiger partial charge on any atom is -0.478 e. The first kappa shape index (κ1) is 7.14. The molecule has 0 aliphatic heterocycles. The molecule has 1 unspecified atom stereocenters. The Morgan fingerprint density at radius 2 is 2.25 bits per heavy atom. The minimum absolute atomic E-state index is 0.398. The first-order valence-electron chi connectivity index (χ1n) is 2.12. The Morgan fingerprint density at radius 1 is 1.88 bits per heavy atom. The molecule has 0 heterocycles. The van der Waals surface area contributed by atoms with E-state index in [0.717, 1.165) is 6.92 Å². The lowest BCUT2D eigenvalue weighted by Crippen LogP contribution is -2.07. The fourth-order valence-electron chi connectivity index (χ4n) is 0.170. The fourth-order valence-corrected chi connectivity index (χ4v) is 0.170. The Morgan fingerprint density at radius 3 is 2.25 bits per heavy atom. The van der Waals surface area contributed by atoms with E-state index >= 15 is 0 Å². The van der Waals surface area contributed by atoms with Gasteiger partial charge in [0.2, 0.25) is 0 Å². The summed E-state index contributed by atoms with van der Waals surface area (Å²) in [5.74, 6) is -1.28. The second kappa shape index (κ2) is 2.45. The van der Waals surface area contributed by atoms with E-state index in [4.69, 9.17) is 5.11 Å². The Bertz CT molecular complexity index is 118. The van der Waals surface area contributed by atoms with Gasteiger partial charge >= 0.3 is 5.97 Å². The van der Waals surface area contributed by atoms with E-state index in [-0.39, 0.29) is 0 Å². The molecule has 46 valence electrons. The highest BCUT2D eigenvalue weighted by atomic mass is 19.1. The molecule has 0 aliphatic rings. The molecule has 1 atom stereocenters. The lowest BCUT2D eigenvalue weighted by molar-refractivity contribution is -0.133. The molecule has 0 radical (unpaired) electrons. The van der Waals surface area contributed by atoms with Crippen LogP contribution in [0.25, 0.3) is 0 Å². The van der Waals surface area contributed by atoms with E-state index in [1.165, 1.54) is 0 Å². The van der Waals surface area contributed by atoms with Gasteiger partial charge in [-0.25, -0.2) is 9.18 Å². The normalized spacial score (nSPS) is 12.8. The van der Waals surface area contributed by atoms with Gasteiger partial charge in [0.25, 0.3) is 0 Å². The maximum absolute atomic E-state index is 11.9. The number of carbonyl (C=O) groups is 1. The van der Waals surface area contributed by atoms with Crippen molar-refractivity contribution in [2.75, 3.05) is 0 Å². The molecule has 0 aromatic rings. The lowest BCUT2D eigenvalue weighted by atomic mass is 10.2. The third-order valence-electron chi connectivity index (χ3n) is 0.755. The number of aliphatic carboxylic acids is 1. The molecule has 0 bridgehead atoms. The van der Waals surface area contributed by atoms with Gasteiger partial charge in [-0.3, -0.25) is 0 Å². The van der Waals surface area contributed by atoms with Crippen LogP contribution in [0.1, 0.15) is 6.92 Å². The van der Waals surface area contributed by atoms with Crippen molar-refractivity contribution >= 4 is 5.97 Å². The lowest BCUT2D eigenvalue weighted by Gasteiger charge is -1.96. The molecular weight excluding hydrogens is 111 g/mol. The topological polar surface area (TPSA) is 37.3 Å². The number of hydrogen-bond acceptors (Lipinski definition) is 1. The molecule has 1 N–H and O–H groups in total. The van der Waals surface area contributed by atoms with Crippen LogP contribution in [-0.4, -0.2) is 17.2 Å². The van der Waals surface area contributed by atoms with Crippen LogP contribution in [-0.2, 0) is 4.79 Å². The Kier molecular flexibility index (Phi) is 2.19. The Balaban J connectivity index is 3.84. The predicted octanol–water partition coefficient (Wildman–Crippen LogP) is 0.985. The van der Waals surface area contributed by atoms with Gasteiger partial charge in [-0.2, -0.15) is 0 Å². The number of hydrogen-bond donors (Lipinski definition) is 1. The molecule has 2 nitrogen and oxygen atoms in total. The highest BCUT2D eigenvalue weighted by Gasteiger charge is 2.10. The standard InChI is InChI=1S/C5H7FO2/c1-3(4(2)6)5(7)8/h4H,1H2,2H3,(H,7,8). The monoisotopic (exact) mass is 118 g/mol. The fraction of sp³-hybridized carbons (Fsp3) is 0.400. The van der Waals surface area contributed by atoms with Crippen LogP contribution in [0, 0.1) is 0 Å². The van der Waals surface area contributed by atoms with E-state index in [1.54, 1.807) is 0 Å². The van der Waals surface area contributed by atoms with Gasteiger partial charge < -0.3 is 5.11 Å². The molecule has 0 amide bonds. The molecular formula is C5H7FO2. The second-order valence-corrected chi connectivity index (χ2v) is 1.45. The summed E-state index contributed by atoms with van der Waals surface area (Å²) < 4.78 is 11.9. The molecule has 0 rings (SSSR count). The van der Waals surface area contributed by atoms with Gasteiger partial charge in [0.05, 0.1) is 5.57 Å². The van der Waals surface area contributed by atoms with Crippen LogP contribution < -0.4 is 0 Å². The summed E-state index contributed by atoms with van der Waals surface area (Å²) in [6.07, 6.45) is -1.45. The molecule has 3 heteroatoms. The number of halogens is 1. The largest absolute Gasteiger partial charge is 0.478 e. The second-order valence-electron chi connectivity index (χ2n) is 1.45. The maximum atomic E-state index is 11.9. The van der Waals surface area contributed by atoms with Gasteiger partial charge in [-0.05, 0) is 6.92 Å². The van der Waals surface area contributed by atoms with E-state index < -0.39 is 17.7 Å². The number of alkyl halides is 1.